The van der Waals surface area contributed by atoms with E-state index in [0.717, 1.165) is 25.0 Å². The van der Waals surface area contributed by atoms with Gasteiger partial charge in [-0.05, 0) is 19.3 Å². The van der Waals surface area contributed by atoms with E-state index in [2.05, 4.69) is 5.16 Å². The second-order valence-electron chi connectivity index (χ2n) is 4.11. The van der Waals surface area contributed by atoms with Gasteiger partial charge in [0.2, 0.25) is 10.0 Å². The van der Waals surface area contributed by atoms with Gasteiger partial charge in [-0.2, -0.15) is 4.31 Å². The second-order valence-corrected chi connectivity index (χ2v) is 6.04. The number of aryl methyl sites for hydroxylation is 1. The summed E-state index contributed by atoms with van der Waals surface area (Å²) in [5.41, 5.74) is 0.871. The highest BCUT2D eigenvalue weighted by atomic mass is 32.2. The molecule has 0 N–H and O–H groups in total. The summed E-state index contributed by atoms with van der Waals surface area (Å²) in [6.07, 6.45) is 3.73. The van der Waals surface area contributed by atoms with Crippen LogP contribution in [0.3, 0.4) is 0 Å². The molecular formula is C10H16N2O3S. The number of hydrogen-bond acceptors (Lipinski definition) is 4. The molecule has 1 unspecified atom stereocenters. The first-order chi connectivity index (χ1) is 7.52. The molecule has 0 bridgehead atoms. The average molecular weight is 244 g/mol. The van der Waals surface area contributed by atoms with Crippen LogP contribution in [0.15, 0.2) is 10.6 Å². The molecule has 16 heavy (non-hydrogen) atoms. The highest BCUT2D eigenvalue weighted by Gasteiger charge is 2.34. The molecule has 0 aliphatic carbocycles. The van der Waals surface area contributed by atoms with Crippen molar-refractivity contribution in [2.75, 3.05) is 12.8 Å². The van der Waals surface area contributed by atoms with Crippen LogP contribution < -0.4 is 0 Å². The molecule has 90 valence electrons. The average Bonchev–Trinajstić information content (AvgIpc) is 2.84. The van der Waals surface area contributed by atoms with Gasteiger partial charge < -0.3 is 4.52 Å². The molecule has 1 saturated heterocycles. The van der Waals surface area contributed by atoms with E-state index in [1.54, 1.807) is 0 Å². The Kier molecular flexibility index (Phi) is 3.03. The van der Waals surface area contributed by atoms with Crippen molar-refractivity contribution in [2.45, 2.75) is 32.2 Å². The van der Waals surface area contributed by atoms with E-state index in [4.69, 9.17) is 4.52 Å². The lowest BCUT2D eigenvalue weighted by Crippen LogP contribution is -2.29. The number of nitrogens with zero attached hydrogens (tertiary/aromatic N) is 2. The number of rotatable bonds is 3. The molecule has 0 amide bonds. The van der Waals surface area contributed by atoms with E-state index in [9.17, 15) is 8.42 Å². The smallest absolute Gasteiger partial charge is 0.211 e. The molecule has 2 heterocycles. The predicted molar refractivity (Wildman–Crippen MR) is 59.4 cm³/mol. The van der Waals surface area contributed by atoms with E-state index in [1.165, 1.54) is 10.6 Å². The first-order valence-corrected chi connectivity index (χ1v) is 7.29. The van der Waals surface area contributed by atoms with Crippen LogP contribution in [-0.2, 0) is 16.4 Å². The minimum atomic E-state index is -3.15. The molecule has 0 saturated carbocycles. The van der Waals surface area contributed by atoms with Gasteiger partial charge in [-0.25, -0.2) is 8.42 Å². The lowest BCUT2D eigenvalue weighted by atomic mass is 10.1. The summed E-state index contributed by atoms with van der Waals surface area (Å²) in [5.74, 6) is 0.666. The molecular weight excluding hydrogens is 228 g/mol. The number of hydrogen-bond donors (Lipinski definition) is 0. The third kappa shape index (κ3) is 2.12. The van der Waals surface area contributed by atoms with Crippen LogP contribution >= 0.6 is 0 Å². The molecule has 1 aliphatic rings. The van der Waals surface area contributed by atoms with Crippen molar-refractivity contribution in [1.29, 1.82) is 0 Å². The Hall–Kier alpha value is -0.880. The van der Waals surface area contributed by atoms with Crippen molar-refractivity contribution < 1.29 is 12.9 Å². The van der Waals surface area contributed by atoms with Gasteiger partial charge in [0.25, 0.3) is 0 Å². The summed E-state index contributed by atoms with van der Waals surface area (Å²) >= 11 is 0. The zero-order valence-corrected chi connectivity index (χ0v) is 10.3. The third-order valence-corrected chi connectivity index (χ3v) is 4.19. The predicted octanol–water partition coefficient (Wildman–Crippen LogP) is 1.33. The summed E-state index contributed by atoms with van der Waals surface area (Å²) in [7, 11) is -3.15. The molecule has 1 aromatic rings. The molecule has 1 aromatic heterocycles. The van der Waals surface area contributed by atoms with Gasteiger partial charge in [0.05, 0.1) is 18.0 Å². The highest BCUT2D eigenvalue weighted by Crippen LogP contribution is 2.33. The molecule has 1 fully saturated rings. The Morgan fingerprint density at radius 1 is 1.62 bits per heavy atom. The maximum absolute atomic E-state index is 11.6. The lowest BCUT2D eigenvalue weighted by molar-refractivity contribution is 0.297. The van der Waals surface area contributed by atoms with E-state index in [1.807, 2.05) is 13.0 Å². The van der Waals surface area contributed by atoms with Gasteiger partial charge >= 0.3 is 0 Å². The van der Waals surface area contributed by atoms with Crippen molar-refractivity contribution in [2.24, 2.45) is 0 Å². The van der Waals surface area contributed by atoms with E-state index < -0.39 is 10.0 Å². The molecule has 2 rings (SSSR count). The standard InChI is InChI=1S/C10H16N2O3S/c1-3-8-7-10(15-11-8)9-5-4-6-12(9)16(2,13)14/h7,9H,3-6H2,1-2H3. The SMILES string of the molecule is CCc1cc(C2CCCN2S(C)(=O)=O)on1. The topological polar surface area (TPSA) is 63.4 Å². The third-order valence-electron chi connectivity index (χ3n) is 2.90. The monoisotopic (exact) mass is 244 g/mol. The minimum Gasteiger partial charge on any atom is -0.359 e. The zero-order valence-electron chi connectivity index (χ0n) is 9.51. The quantitative estimate of drug-likeness (QED) is 0.804. The maximum atomic E-state index is 11.6. The molecule has 0 radical (unpaired) electrons. The van der Waals surface area contributed by atoms with Gasteiger partial charge in [0, 0.05) is 12.6 Å². The van der Waals surface area contributed by atoms with Crippen LogP contribution in [0.25, 0.3) is 0 Å². The molecule has 1 atom stereocenters. The highest BCUT2D eigenvalue weighted by molar-refractivity contribution is 7.88. The Bertz CT molecular complexity index is 466. The number of sulfonamides is 1. The fourth-order valence-corrected chi connectivity index (χ4v) is 3.21. The van der Waals surface area contributed by atoms with E-state index in [-0.39, 0.29) is 6.04 Å². The second kappa shape index (κ2) is 4.18. The van der Waals surface area contributed by atoms with Crippen molar-refractivity contribution in [3.05, 3.63) is 17.5 Å². The zero-order chi connectivity index (χ0) is 11.8. The van der Waals surface area contributed by atoms with Crippen LogP contribution in [-0.4, -0.2) is 30.7 Å². The summed E-state index contributed by atoms with van der Waals surface area (Å²) in [6.45, 7) is 2.57. The molecule has 5 nitrogen and oxygen atoms in total. The van der Waals surface area contributed by atoms with Gasteiger partial charge in [-0.3, -0.25) is 0 Å². The lowest BCUT2D eigenvalue weighted by Gasteiger charge is -2.19. The first-order valence-electron chi connectivity index (χ1n) is 5.44. The Balaban J connectivity index is 2.26. The van der Waals surface area contributed by atoms with Gasteiger partial charge in [0.1, 0.15) is 0 Å². The fraction of sp³-hybridized carbons (Fsp3) is 0.700. The normalized spacial score (nSPS) is 22.8. The van der Waals surface area contributed by atoms with Crippen LogP contribution in [0, 0.1) is 0 Å². The van der Waals surface area contributed by atoms with Crippen molar-refractivity contribution in [1.82, 2.24) is 9.46 Å². The summed E-state index contributed by atoms with van der Waals surface area (Å²) in [6, 6.07) is 1.69. The Morgan fingerprint density at radius 2 is 2.38 bits per heavy atom. The number of aromatic nitrogens is 1. The summed E-state index contributed by atoms with van der Waals surface area (Å²) in [5, 5.41) is 3.90. The Labute approximate surface area is 95.5 Å². The fourth-order valence-electron chi connectivity index (χ4n) is 2.07. The largest absolute Gasteiger partial charge is 0.359 e. The van der Waals surface area contributed by atoms with Crippen molar-refractivity contribution in [3.8, 4) is 0 Å². The van der Waals surface area contributed by atoms with E-state index >= 15 is 0 Å². The molecule has 0 aromatic carbocycles. The van der Waals surface area contributed by atoms with E-state index in [0.29, 0.717) is 12.3 Å². The van der Waals surface area contributed by atoms with Gasteiger partial charge in [0.15, 0.2) is 5.76 Å². The molecule has 6 heteroatoms. The maximum Gasteiger partial charge on any atom is 0.211 e. The first kappa shape index (κ1) is 11.6. The van der Waals surface area contributed by atoms with Crippen molar-refractivity contribution in [3.63, 3.8) is 0 Å². The minimum absolute atomic E-state index is 0.164. The van der Waals surface area contributed by atoms with Crippen LogP contribution in [0.1, 0.15) is 37.3 Å². The van der Waals surface area contributed by atoms with Crippen LogP contribution in [0.4, 0.5) is 0 Å². The summed E-state index contributed by atoms with van der Waals surface area (Å²) < 4.78 is 29.8. The van der Waals surface area contributed by atoms with Gasteiger partial charge in [-0.1, -0.05) is 12.1 Å². The van der Waals surface area contributed by atoms with Crippen LogP contribution in [0.2, 0.25) is 0 Å². The van der Waals surface area contributed by atoms with Gasteiger partial charge in [-0.15, -0.1) is 0 Å². The van der Waals surface area contributed by atoms with Crippen molar-refractivity contribution >= 4 is 10.0 Å². The summed E-state index contributed by atoms with van der Waals surface area (Å²) in [4.78, 5) is 0. The Morgan fingerprint density at radius 3 is 2.94 bits per heavy atom. The molecule has 1 aliphatic heterocycles. The molecule has 0 spiro atoms. The van der Waals surface area contributed by atoms with Crippen LogP contribution in [0.5, 0.6) is 0 Å².